The number of hydrogen-bond donors (Lipinski definition) is 1. The first-order valence-electron chi connectivity index (χ1n) is 7.93. The highest BCUT2D eigenvalue weighted by molar-refractivity contribution is 7.92. The zero-order valence-corrected chi connectivity index (χ0v) is 16.8. The van der Waals surface area contributed by atoms with Gasteiger partial charge in [0.15, 0.2) is 5.82 Å². The second-order valence-corrected chi connectivity index (χ2v) is 8.57. The summed E-state index contributed by atoms with van der Waals surface area (Å²) in [5.41, 5.74) is 2.07. The minimum absolute atomic E-state index is 0.0105. The standard InChI is InChI=1S/C18H16Cl2FN3O2S/c1-11-6-7-13(8-12(11)2)27(25,26)23-18-16(20)10-24(22-18)9-14-15(19)4-3-5-17(14)21/h3-8,10H,9H2,1-2H3,(H,22,23). The van der Waals surface area contributed by atoms with Gasteiger partial charge in [-0.3, -0.25) is 9.40 Å². The highest BCUT2D eigenvalue weighted by Gasteiger charge is 2.19. The van der Waals surface area contributed by atoms with Crippen LogP contribution in [0.5, 0.6) is 0 Å². The molecule has 0 bridgehead atoms. The number of anilines is 1. The first-order chi connectivity index (χ1) is 12.7. The fourth-order valence-corrected chi connectivity index (χ4v) is 4.04. The molecule has 1 aromatic heterocycles. The molecule has 0 aliphatic rings. The molecule has 0 spiro atoms. The molecule has 0 saturated carbocycles. The number of aromatic nitrogens is 2. The Bertz CT molecular complexity index is 1090. The van der Waals surface area contributed by atoms with Crippen LogP contribution in [-0.4, -0.2) is 18.2 Å². The topological polar surface area (TPSA) is 64.0 Å². The number of rotatable bonds is 5. The van der Waals surface area contributed by atoms with Crippen LogP contribution in [0.2, 0.25) is 10.0 Å². The van der Waals surface area contributed by atoms with Crippen LogP contribution >= 0.6 is 23.2 Å². The smallest absolute Gasteiger partial charge is 0.263 e. The van der Waals surface area contributed by atoms with Gasteiger partial charge in [0.05, 0.1) is 11.4 Å². The van der Waals surface area contributed by atoms with E-state index < -0.39 is 15.8 Å². The molecule has 0 amide bonds. The van der Waals surface area contributed by atoms with E-state index in [9.17, 15) is 12.8 Å². The summed E-state index contributed by atoms with van der Waals surface area (Å²) in [6, 6.07) is 9.16. The molecule has 0 aliphatic heterocycles. The number of benzene rings is 2. The lowest BCUT2D eigenvalue weighted by molar-refractivity contribution is 0.585. The number of aryl methyl sites for hydroxylation is 2. The van der Waals surface area contributed by atoms with Crippen LogP contribution in [0.1, 0.15) is 16.7 Å². The highest BCUT2D eigenvalue weighted by Crippen LogP contribution is 2.26. The van der Waals surface area contributed by atoms with E-state index in [1.807, 2.05) is 13.8 Å². The van der Waals surface area contributed by atoms with E-state index in [4.69, 9.17) is 23.2 Å². The van der Waals surface area contributed by atoms with Crippen LogP contribution in [0.25, 0.3) is 0 Å². The normalized spacial score (nSPS) is 11.6. The predicted molar refractivity (Wildman–Crippen MR) is 104 cm³/mol. The summed E-state index contributed by atoms with van der Waals surface area (Å²) in [6.07, 6.45) is 1.41. The van der Waals surface area contributed by atoms with E-state index in [0.717, 1.165) is 11.1 Å². The van der Waals surface area contributed by atoms with Gasteiger partial charge < -0.3 is 0 Å². The summed E-state index contributed by atoms with van der Waals surface area (Å²) >= 11 is 12.1. The second-order valence-electron chi connectivity index (χ2n) is 6.07. The second kappa shape index (κ2) is 7.50. The quantitative estimate of drug-likeness (QED) is 0.635. The van der Waals surface area contributed by atoms with E-state index in [1.54, 1.807) is 18.2 Å². The lowest BCUT2D eigenvalue weighted by Crippen LogP contribution is -2.14. The Morgan fingerprint density at radius 1 is 1.11 bits per heavy atom. The maximum atomic E-state index is 13.9. The molecule has 0 radical (unpaired) electrons. The molecule has 1 heterocycles. The van der Waals surface area contributed by atoms with Crippen LogP contribution in [0.3, 0.4) is 0 Å². The zero-order valence-electron chi connectivity index (χ0n) is 14.5. The predicted octanol–water partition coefficient (Wildman–Crippen LogP) is 4.79. The molecule has 9 heteroatoms. The minimum Gasteiger partial charge on any atom is -0.264 e. The minimum atomic E-state index is -3.86. The third kappa shape index (κ3) is 4.26. The van der Waals surface area contributed by atoms with E-state index in [2.05, 4.69) is 9.82 Å². The molecular weight excluding hydrogens is 412 g/mol. The van der Waals surface area contributed by atoms with Crippen molar-refractivity contribution in [1.29, 1.82) is 0 Å². The summed E-state index contributed by atoms with van der Waals surface area (Å²) in [6.45, 7) is 3.73. The molecular formula is C18H16Cl2FN3O2S. The average molecular weight is 428 g/mol. The Balaban J connectivity index is 1.87. The molecule has 0 saturated heterocycles. The summed E-state index contributed by atoms with van der Waals surface area (Å²) in [5.74, 6) is -0.520. The molecule has 3 aromatic rings. The Morgan fingerprint density at radius 2 is 1.85 bits per heavy atom. The van der Waals surface area contributed by atoms with Gasteiger partial charge in [0.2, 0.25) is 0 Å². The van der Waals surface area contributed by atoms with Crippen molar-refractivity contribution in [3.63, 3.8) is 0 Å². The maximum Gasteiger partial charge on any atom is 0.263 e. The van der Waals surface area contributed by atoms with Crippen molar-refractivity contribution < 1.29 is 12.8 Å². The summed E-state index contributed by atoms with van der Waals surface area (Å²) in [5, 5.41) is 4.45. The molecule has 0 aliphatic carbocycles. The van der Waals surface area contributed by atoms with Crippen LogP contribution < -0.4 is 4.72 Å². The highest BCUT2D eigenvalue weighted by atomic mass is 35.5. The molecule has 0 fully saturated rings. The third-order valence-electron chi connectivity index (χ3n) is 4.12. The molecule has 0 atom stereocenters. The van der Waals surface area contributed by atoms with E-state index in [0.29, 0.717) is 0 Å². The molecule has 27 heavy (non-hydrogen) atoms. The zero-order chi connectivity index (χ0) is 19.8. The first-order valence-corrected chi connectivity index (χ1v) is 10.2. The van der Waals surface area contributed by atoms with Gasteiger partial charge >= 0.3 is 0 Å². The number of sulfonamides is 1. The van der Waals surface area contributed by atoms with Crippen molar-refractivity contribution in [2.24, 2.45) is 0 Å². The average Bonchev–Trinajstić information content (AvgIpc) is 2.92. The molecule has 142 valence electrons. The largest absolute Gasteiger partial charge is 0.264 e. The monoisotopic (exact) mass is 427 g/mol. The first kappa shape index (κ1) is 19.7. The van der Waals surface area contributed by atoms with Crippen molar-refractivity contribution in [2.75, 3.05) is 4.72 Å². The van der Waals surface area contributed by atoms with Crippen molar-refractivity contribution >= 4 is 39.0 Å². The molecule has 0 unspecified atom stereocenters. The third-order valence-corrected chi connectivity index (χ3v) is 6.09. The van der Waals surface area contributed by atoms with Gasteiger partial charge in [-0.15, -0.1) is 0 Å². The number of halogens is 3. The molecule has 5 nitrogen and oxygen atoms in total. The van der Waals surface area contributed by atoms with Gasteiger partial charge in [-0.05, 0) is 49.2 Å². The van der Waals surface area contributed by atoms with Gasteiger partial charge in [-0.1, -0.05) is 35.3 Å². The van der Waals surface area contributed by atoms with Gasteiger partial charge in [0.25, 0.3) is 10.0 Å². The van der Waals surface area contributed by atoms with Gasteiger partial charge in [0, 0.05) is 16.8 Å². The SMILES string of the molecule is Cc1ccc(S(=O)(=O)Nc2nn(Cc3c(F)cccc3Cl)cc2Cl)cc1C. The Labute approximate surface area is 166 Å². The fourth-order valence-electron chi connectivity index (χ4n) is 2.46. The molecule has 3 rings (SSSR count). The van der Waals surface area contributed by atoms with Crippen LogP contribution in [0.4, 0.5) is 10.2 Å². The summed E-state index contributed by atoms with van der Waals surface area (Å²) < 4.78 is 42.8. The number of hydrogen-bond acceptors (Lipinski definition) is 3. The number of nitrogens with zero attached hydrogens (tertiary/aromatic N) is 2. The van der Waals surface area contributed by atoms with E-state index >= 15 is 0 Å². The Hall–Kier alpha value is -2.09. The number of nitrogens with one attached hydrogen (secondary N) is 1. The maximum absolute atomic E-state index is 13.9. The van der Waals surface area contributed by atoms with E-state index in [1.165, 1.54) is 29.1 Å². The molecule has 1 N–H and O–H groups in total. The van der Waals surface area contributed by atoms with Crippen molar-refractivity contribution in [3.8, 4) is 0 Å². The van der Waals surface area contributed by atoms with Gasteiger partial charge in [0.1, 0.15) is 10.8 Å². The van der Waals surface area contributed by atoms with Gasteiger partial charge in [-0.2, -0.15) is 5.10 Å². The lowest BCUT2D eigenvalue weighted by atomic mass is 10.1. The van der Waals surface area contributed by atoms with Gasteiger partial charge in [-0.25, -0.2) is 12.8 Å². The summed E-state index contributed by atoms with van der Waals surface area (Å²) in [7, 11) is -3.86. The van der Waals surface area contributed by atoms with Crippen LogP contribution in [-0.2, 0) is 16.6 Å². The Morgan fingerprint density at radius 3 is 2.52 bits per heavy atom. The fraction of sp³-hybridized carbons (Fsp3) is 0.167. The molecule has 2 aromatic carbocycles. The van der Waals surface area contributed by atoms with Crippen LogP contribution in [0, 0.1) is 19.7 Å². The van der Waals surface area contributed by atoms with E-state index in [-0.39, 0.29) is 32.9 Å². The lowest BCUT2D eigenvalue weighted by Gasteiger charge is -2.08. The van der Waals surface area contributed by atoms with Crippen LogP contribution in [0.15, 0.2) is 47.5 Å². The van der Waals surface area contributed by atoms with Crippen molar-refractivity contribution in [1.82, 2.24) is 9.78 Å². The summed E-state index contributed by atoms with van der Waals surface area (Å²) in [4.78, 5) is 0.105. The Kier molecular flexibility index (Phi) is 5.46. The van der Waals surface area contributed by atoms with Crippen molar-refractivity contribution in [2.45, 2.75) is 25.3 Å². The van der Waals surface area contributed by atoms with Crippen molar-refractivity contribution in [3.05, 3.63) is 75.1 Å².